The van der Waals surface area contributed by atoms with Gasteiger partial charge in [-0.25, -0.2) is 4.79 Å². The number of aromatic nitrogens is 1. The number of hydrogen-bond acceptors (Lipinski definition) is 4. The molecule has 0 radical (unpaired) electrons. The predicted molar refractivity (Wildman–Crippen MR) is 168 cm³/mol. The first kappa shape index (κ1) is 30.8. The van der Waals surface area contributed by atoms with Gasteiger partial charge in [-0.3, -0.25) is 4.79 Å². The smallest absolute Gasteiger partial charge is 0.320 e. The predicted octanol–water partition coefficient (Wildman–Crippen LogP) is 5.75. The van der Waals surface area contributed by atoms with Crippen LogP contribution in [0, 0.1) is 0 Å². The zero-order chi connectivity index (χ0) is 30.4. The summed E-state index contributed by atoms with van der Waals surface area (Å²) >= 11 is 0. The van der Waals surface area contributed by atoms with Crippen molar-refractivity contribution in [1.29, 1.82) is 0 Å². The fourth-order valence-corrected chi connectivity index (χ4v) is 5.37. The molecule has 222 valence electrons. The highest BCUT2D eigenvalue weighted by atomic mass is 16.3. The second-order valence-electron chi connectivity index (χ2n) is 11.7. The number of carbonyl (C=O) groups is 2. The number of aromatic amines is 1. The third kappa shape index (κ3) is 6.83. The molecule has 8 heteroatoms. The van der Waals surface area contributed by atoms with Crippen LogP contribution in [0.2, 0.25) is 0 Å². The maximum Gasteiger partial charge on any atom is 0.320 e. The van der Waals surface area contributed by atoms with E-state index in [0.29, 0.717) is 5.56 Å². The van der Waals surface area contributed by atoms with Gasteiger partial charge >= 0.3 is 6.03 Å². The highest BCUT2D eigenvalue weighted by Crippen LogP contribution is 2.32. The summed E-state index contributed by atoms with van der Waals surface area (Å²) in [6.45, 7) is 9.46. The van der Waals surface area contributed by atoms with Gasteiger partial charge in [-0.05, 0) is 47.1 Å². The molecule has 0 aliphatic rings. The number of para-hydroxylation sites is 2. The first-order valence-electron chi connectivity index (χ1n) is 14.5. The van der Waals surface area contributed by atoms with E-state index >= 15 is 0 Å². The molecule has 0 saturated heterocycles. The van der Waals surface area contributed by atoms with Crippen molar-refractivity contribution in [1.82, 2.24) is 15.6 Å². The minimum absolute atomic E-state index is 0.165. The summed E-state index contributed by atoms with van der Waals surface area (Å²) in [5.74, 6) is -0.187. The fraction of sp³-hybridized carbons (Fsp3) is 0.353. The lowest BCUT2D eigenvalue weighted by atomic mass is 9.90. The molecule has 0 spiro atoms. The van der Waals surface area contributed by atoms with Gasteiger partial charge in [0.1, 0.15) is 11.6 Å². The van der Waals surface area contributed by atoms with E-state index in [-0.39, 0.29) is 18.3 Å². The van der Waals surface area contributed by atoms with Gasteiger partial charge in [-0.15, -0.1) is 0 Å². The van der Waals surface area contributed by atoms with Crippen LogP contribution >= 0.6 is 0 Å². The zero-order valence-corrected chi connectivity index (χ0v) is 24.9. The molecule has 0 saturated carbocycles. The fourth-order valence-electron chi connectivity index (χ4n) is 5.37. The molecule has 0 aliphatic carbocycles. The Morgan fingerprint density at radius 2 is 1.50 bits per heavy atom. The Kier molecular flexibility index (Phi) is 9.70. The van der Waals surface area contributed by atoms with Gasteiger partial charge in [0.25, 0.3) is 0 Å². The van der Waals surface area contributed by atoms with Gasteiger partial charge in [0.05, 0.1) is 12.6 Å². The van der Waals surface area contributed by atoms with Crippen LogP contribution in [-0.2, 0) is 11.2 Å². The molecule has 4 rings (SSSR count). The van der Waals surface area contributed by atoms with E-state index in [1.54, 1.807) is 31.2 Å². The van der Waals surface area contributed by atoms with Crippen LogP contribution < -0.4 is 16.0 Å². The van der Waals surface area contributed by atoms with Crippen LogP contribution in [0.1, 0.15) is 74.8 Å². The summed E-state index contributed by atoms with van der Waals surface area (Å²) in [6.07, 6.45) is 0.861. The maximum absolute atomic E-state index is 14.0. The Hall–Kier alpha value is -4.14. The Labute approximate surface area is 247 Å². The number of fused-ring (bicyclic) bond motifs is 1. The molecule has 0 bridgehead atoms. The topological polar surface area (TPSA) is 126 Å². The summed E-state index contributed by atoms with van der Waals surface area (Å²) in [4.78, 5) is 30.9. The Morgan fingerprint density at radius 3 is 2.12 bits per heavy atom. The van der Waals surface area contributed by atoms with E-state index in [1.807, 2.05) is 54.7 Å². The summed E-state index contributed by atoms with van der Waals surface area (Å²) in [6, 6.07) is 21.1. The number of anilines is 1. The number of aliphatic hydroxyl groups excluding tert-OH is 2. The molecule has 1 aromatic heterocycles. The molecule has 3 atom stereocenters. The summed E-state index contributed by atoms with van der Waals surface area (Å²) in [7, 11) is 0. The number of carbonyl (C=O) groups excluding carboxylic acids is 2. The first-order chi connectivity index (χ1) is 20.0. The molecule has 42 heavy (non-hydrogen) atoms. The maximum atomic E-state index is 14.0. The Balaban J connectivity index is 1.66. The van der Waals surface area contributed by atoms with E-state index < -0.39 is 36.2 Å². The van der Waals surface area contributed by atoms with E-state index in [2.05, 4.69) is 48.6 Å². The van der Waals surface area contributed by atoms with Gasteiger partial charge < -0.3 is 31.1 Å². The highest BCUT2D eigenvalue weighted by molar-refractivity contribution is 5.97. The largest absolute Gasteiger partial charge is 0.394 e. The Morgan fingerprint density at radius 1 is 0.881 bits per heavy atom. The molecule has 8 nitrogen and oxygen atoms in total. The number of benzene rings is 3. The summed E-state index contributed by atoms with van der Waals surface area (Å²) < 4.78 is 0. The van der Waals surface area contributed by atoms with Gasteiger partial charge in [-0.2, -0.15) is 0 Å². The molecule has 3 amide bonds. The van der Waals surface area contributed by atoms with Crippen molar-refractivity contribution >= 4 is 28.5 Å². The van der Waals surface area contributed by atoms with E-state index in [4.69, 9.17) is 0 Å². The molecule has 6 N–H and O–H groups in total. The number of nitrogens with one attached hydrogen (secondary N) is 4. The van der Waals surface area contributed by atoms with Crippen molar-refractivity contribution in [3.8, 4) is 0 Å². The Bertz CT molecular complexity index is 1490. The SMILES string of the molecule is CC(C)c1cccc(C(C)C)c1NC(=O)NC(C)(Cc1c[nH]c2ccccc12)C(=O)N[C@@H](CO)C(O)c1ccccc1. The van der Waals surface area contributed by atoms with Crippen LogP contribution in [0.4, 0.5) is 10.5 Å². The molecule has 3 aromatic carbocycles. The lowest BCUT2D eigenvalue weighted by Crippen LogP contribution is -2.61. The molecule has 0 fully saturated rings. The van der Waals surface area contributed by atoms with Crippen LogP contribution in [-0.4, -0.2) is 45.3 Å². The van der Waals surface area contributed by atoms with Crippen LogP contribution in [0.25, 0.3) is 10.9 Å². The van der Waals surface area contributed by atoms with Crippen molar-refractivity contribution in [2.45, 2.75) is 70.6 Å². The molecule has 1 heterocycles. The van der Waals surface area contributed by atoms with Crippen LogP contribution in [0.15, 0.2) is 79.0 Å². The minimum atomic E-state index is -1.44. The molecule has 2 unspecified atom stereocenters. The quantitative estimate of drug-likeness (QED) is 0.137. The van der Waals surface area contributed by atoms with Crippen molar-refractivity contribution in [3.63, 3.8) is 0 Å². The van der Waals surface area contributed by atoms with E-state index in [1.165, 1.54) is 0 Å². The first-order valence-corrected chi connectivity index (χ1v) is 14.5. The monoisotopic (exact) mass is 570 g/mol. The second-order valence-corrected chi connectivity index (χ2v) is 11.7. The number of aliphatic hydroxyl groups is 2. The van der Waals surface area contributed by atoms with Crippen molar-refractivity contribution < 1.29 is 19.8 Å². The van der Waals surface area contributed by atoms with Gasteiger partial charge in [-0.1, -0.05) is 94.4 Å². The number of rotatable bonds is 11. The van der Waals surface area contributed by atoms with Crippen molar-refractivity contribution in [2.75, 3.05) is 11.9 Å². The minimum Gasteiger partial charge on any atom is -0.394 e. The summed E-state index contributed by atoms with van der Waals surface area (Å²) in [5, 5.41) is 30.8. The van der Waals surface area contributed by atoms with Gasteiger partial charge in [0, 0.05) is 29.2 Å². The normalized spacial score (nSPS) is 14.4. The third-order valence-electron chi connectivity index (χ3n) is 7.76. The van der Waals surface area contributed by atoms with Gasteiger partial charge in [0.2, 0.25) is 5.91 Å². The average molecular weight is 571 g/mol. The van der Waals surface area contributed by atoms with Crippen molar-refractivity contribution in [2.24, 2.45) is 0 Å². The van der Waals surface area contributed by atoms with E-state index in [0.717, 1.165) is 33.3 Å². The average Bonchev–Trinajstić information content (AvgIpc) is 3.37. The van der Waals surface area contributed by atoms with Gasteiger partial charge in [0.15, 0.2) is 0 Å². The van der Waals surface area contributed by atoms with E-state index in [9.17, 15) is 19.8 Å². The van der Waals surface area contributed by atoms with Crippen molar-refractivity contribution in [3.05, 3.63) is 101 Å². The number of H-pyrrole nitrogens is 1. The number of amides is 3. The van der Waals surface area contributed by atoms with Crippen LogP contribution in [0.3, 0.4) is 0 Å². The molecule has 4 aromatic rings. The van der Waals surface area contributed by atoms with Crippen LogP contribution in [0.5, 0.6) is 0 Å². The standard InChI is InChI=1S/C34H42N4O4/c1-21(2)25-15-11-16-26(22(3)4)30(25)37-33(42)38-34(5,18-24-19-35-28-17-10-9-14-27(24)28)32(41)36-29(20-39)31(40)23-12-7-6-8-13-23/h6-17,19,21-22,29,31,35,39-40H,18,20H2,1-5H3,(H,36,41)(H2,37,38,42)/t29-,31?,34?/m0/s1. The lowest BCUT2D eigenvalue weighted by Gasteiger charge is -2.33. The number of urea groups is 1. The molecular formula is C34H42N4O4. The zero-order valence-electron chi connectivity index (χ0n) is 24.9. The summed E-state index contributed by atoms with van der Waals surface area (Å²) in [5.41, 5.74) is 3.63. The molecule has 0 aliphatic heterocycles. The number of hydrogen-bond donors (Lipinski definition) is 6. The lowest BCUT2D eigenvalue weighted by molar-refractivity contribution is -0.128. The highest BCUT2D eigenvalue weighted by Gasteiger charge is 2.38. The molecular weight excluding hydrogens is 528 g/mol. The third-order valence-corrected chi connectivity index (χ3v) is 7.76. The second kappa shape index (κ2) is 13.2.